The van der Waals surface area contributed by atoms with E-state index < -0.39 is 6.17 Å². The Balaban J connectivity index is 1.27. The minimum absolute atomic E-state index is 0.0524. The number of anilines is 1. The second kappa shape index (κ2) is 7.47. The first-order chi connectivity index (χ1) is 15.6. The number of phenols is 1. The molecule has 0 spiro atoms. The van der Waals surface area contributed by atoms with Crippen molar-refractivity contribution in [2.24, 2.45) is 7.05 Å². The number of hydrogen-bond acceptors (Lipinski definition) is 8. The van der Waals surface area contributed by atoms with Crippen LogP contribution in [-0.2, 0) is 7.05 Å². The molecule has 9 nitrogen and oxygen atoms in total. The molecule has 2 N–H and O–H groups in total. The van der Waals surface area contributed by atoms with E-state index in [4.69, 9.17) is 0 Å². The van der Waals surface area contributed by atoms with Crippen LogP contribution < -0.4 is 10.2 Å². The fraction of sp³-hybridized carbons (Fsp3) is 0.500. The Morgan fingerprint density at radius 1 is 1.16 bits per heavy atom. The van der Waals surface area contributed by atoms with E-state index in [0.717, 1.165) is 32.1 Å². The van der Waals surface area contributed by atoms with E-state index in [1.165, 1.54) is 0 Å². The number of fused-ring (bicyclic) bond motifs is 2. The number of rotatable bonds is 5. The van der Waals surface area contributed by atoms with Crippen LogP contribution in [-0.4, -0.2) is 65.4 Å². The molecule has 2 aromatic heterocycles. The molecule has 3 fully saturated rings. The molecular weight excluding hydrogens is 411 g/mol. The normalized spacial score (nSPS) is 26.9. The summed E-state index contributed by atoms with van der Waals surface area (Å²) in [5.41, 5.74) is 1.70. The summed E-state index contributed by atoms with van der Waals surface area (Å²) in [4.78, 5) is 10.8. The minimum atomic E-state index is -0.936. The Hall–Kier alpha value is -3.14. The quantitative estimate of drug-likeness (QED) is 0.628. The number of nitrogens with one attached hydrogen (secondary N) is 1. The molecule has 0 amide bonds. The number of aryl methyl sites for hydroxylation is 1. The monoisotopic (exact) mass is 436 g/mol. The van der Waals surface area contributed by atoms with Crippen LogP contribution in [0.5, 0.6) is 5.75 Å². The highest BCUT2D eigenvalue weighted by atomic mass is 19.1. The van der Waals surface area contributed by atoms with Crippen LogP contribution >= 0.6 is 0 Å². The van der Waals surface area contributed by atoms with E-state index in [1.807, 2.05) is 6.07 Å². The average molecular weight is 436 g/mol. The van der Waals surface area contributed by atoms with Crippen LogP contribution in [0.4, 0.5) is 10.3 Å². The third kappa shape index (κ3) is 3.38. The first-order valence-corrected chi connectivity index (χ1v) is 11.1. The summed E-state index contributed by atoms with van der Waals surface area (Å²) in [6.07, 6.45) is 7.02. The molecule has 2 bridgehead atoms. The van der Waals surface area contributed by atoms with Crippen LogP contribution in [0.1, 0.15) is 32.1 Å². The number of aromatic nitrogens is 6. The summed E-state index contributed by atoms with van der Waals surface area (Å²) in [6.45, 7) is 0. The first-order valence-electron chi connectivity index (χ1n) is 11.1. The van der Waals surface area contributed by atoms with E-state index in [2.05, 4.69) is 35.5 Å². The van der Waals surface area contributed by atoms with Gasteiger partial charge in [0, 0.05) is 36.3 Å². The number of phenolic OH excluding ortho intramolecular Hbond substituents is 1. The maximum Gasteiger partial charge on any atom is 0.245 e. The van der Waals surface area contributed by atoms with Crippen molar-refractivity contribution in [3.63, 3.8) is 0 Å². The van der Waals surface area contributed by atoms with Gasteiger partial charge in [-0.3, -0.25) is 4.68 Å². The Kier molecular flexibility index (Phi) is 4.56. The fourth-order valence-corrected chi connectivity index (χ4v) is 5.05. The largest absolute Gasteiger partial charge is 0.507 e. The van der Waals surface area contributed by atoms with Crippen molar-refractivity contribution in [1.82, 2.24) is 35.3 Å². The molecule has 1 saturated carbocycles. The van der Waals surface area contributed by atoms with Crippen molar-refractivity contribution in [2.45, 2.75) is 62.4 Å². The van der Waals surface area contributed by atoms with Gasteiger partial charge in [-0.05, 0) is 44.2 Å². The molecule has 2 saturated heterocycles. The highest BCUT2D eigenvalue weighted by molar-refractivity contribution is 5.71. The zero-order chi connectivity index (χ0) is 21.8. The minimum Gasteiger partial charge on any atom is -0.507 e. The van der Waals surface area contributed by atoms with Gasteiger partial charge in [-0.1, -0.05) is 6.07 Å². The van der Waals surface area contributed by atoms with E-state index in [0.29, 0.717) is 34.6 Å². The van der Waals surface area contributed by atoms with Crippen molar-refractivity contribution < 1.29 is 9.50 Å². The Morgan fingerprint density at radius 2 is 2.03 bits per heavy atom. The van der Waals surface area contributed by atoms with Gasteiger partial charge in [-0.15, -0.1) is 10.2 Å². The van der Waals surface area contributed by atoms with Gasteiger partial charge in [0.1, 0.15) is 23.9 Å². The lowest BCUT2D eigenvalue weighted by molar-refractivity contribution is 0.171. The molecule has 0 radical (unpaired) electrons. The second-order valence-corrected chi connectivity index (χ2v) is 9.05. The maximum absolute atomic E-state index is 15.2. The van der Waals surface area contributed by atoms with Crippen molar-refractivity contribution in [1.29, 1.82) is 0 Å². The molecular formula is C22H25FN8O. The van der Waals surface area contributed by atoms with Gasteiger partial charge in [0.15, 0.2) is 5.82 Å². The van der Waals surface area contributed by atoms with Crippen molar-refractivity contribution in [3.8, 4) is 28.4 Å². The number of halogens is 1. The number of nitrogens with zero attached hydrogens (tertiary/aromatic N) is 7. The Bertz CT molecular complexity index is 1130. The second-order valence-electron chi connectivity index (χ2n) is 9.05. The number of aromatic hydroxyl groups is 1. The van der Waals surface area contributed by atoms with Crippen LogP contribution in [0.15, 0.2) is 30.7 Å². The zero-order valence-corrected chi connectivity index (χ0v) is 17.8. The molecule has 1 aromatic carbocycles. The molecule has 166 valence electrons. The Morgan fingerprint density at radius 3 is 2.72 bits per heavy atom. The van der Waals surface area contributed by atoms with Crippen molar-refractivity contribution in [2.75, 3.05) is 4.90 Å². The molecule has 0 unspecified atom stereocenters. The number of piperidine rings is 1. The highest BCUT2D eigenvalue weighted by Crippen LogP contribution is 2.39. The van der Waals surface area contributed by atoms with Gasteiger partial charge in [0.05, 0.1) is 12.2 Å². The molecule has 6 rings (SSSR count). The first kappa shape index (κ1) is 19.5. The molecule has 4 atom stereocenters. The van der Waals surface area contributed by atoms with Gasteiger partial charge in [0.25, 0.3) is 0 Å². The van der Waals surface area contributed by atoms with Crippen LogP contribution in [0.25, 0.3) is 22.6 Å². The number of hydrogen-bond donors (Lipinski definition) is 2. The number of alkyl halides is 1. The van der Waals surface area contributed by atoms with E-state index >= 15 is 4.39 Å². The standard InChI is InChI=1S/C22H25FN8O/c1-30-11-25-21(29-30)12-2-6-15(19(32)8-12)17-10-24-22(28-27-17)31(14-4-5-14)18-9-13-3-7-16(26-13)20(18)23/h2,6,8,10-11,13-14,16,18,20,26,32H,3-5,7,9H2,1H3/t13-,16-,18+,20-/m0/s1. The third-order valence-corrected chi connectivity index (χ3v) is 6.76. The van der Waals surface area contributed by atoms with Gasteiger partial charge < -0.3 is 15.3 Å². The van der Waals surface area contributed by atoms with Gasteiger partial charge in [-0.2, -0.15) is 5.10 Å². The summed E-state index contributed by atoms with van der Waals surface area (Å²) in [5.74, 6) is 1.06. The molecule has 3 aromatic rings. The lowest BCUT2D eigenvalue weighted by Crippen LogP contribution is -2.57. The summed E-state index contributed by atoms with van der Waals surface area (Å²) in [6, 6.07) is 5.55. The summed E-state index contributed by atoms with van der Waals surface area (Å²) in [7, 11) is 1.79. The molecule has 4 heterocycles. The SMILES string of the molecule is Cn1cnc(-c2ccc(-c3cnc(N(C4CC4)[C@@H]4C[C@@H]5CC[C@H](N5)[C@@H]4F)nn3)c(O)c2)n1. The molecule has 32 heavy (non-hydrogen) atoms. The predicted octanol–water partition coefficient (Wildman–Crippen LogP) is 2.24. The Labute approximate surface area is 184 Å². The van der Waals surface area contributed by atoms with Gasteiger partial charge in [0.2, 0.25) is 5.95 Å². The zero-order valence-electron chi connectivity index (χ0n) is 17.8. The summed E-state index contributed by atoms with van der Waals surface area (Å²) in [5, 5.41) is 26.9. The lowest BCUT2D eigenvalue weighted by atomic mass is 9.96. The van der Waals surface area contributed by atoms with Gasteiger partial charge >= 0.3 is 0 Å². The topological polar surface area (TPSA) is 105 Å². The predicted molar refractivity (Wildman–Crippen MR) is 116 cm³/mol. The molecule has 10 heteroatoms. The lowest BCUT2D eigenvalue weighted by Gasteiger charge is -2.40. The third-order valence-electron chi connectivity index (χ3n) is 6.76. The van der Waals surface area contributed by atoms with E-state index in [-0.39, 0.29) is 23.9 Å². The van der Waals surface area contributed by atoms with Crippen LogP contribution in [0.2, 0.25) is 0 Å². The van der Waals surface area contributed by atoms with E-state index in [9.17, 15) is 5.11 Å². The van der Waals surface area contributed by atoms with Crippen LogP contribution in [0, 0.1) is 0 Å². The fourth-order valence-electron chi connectivity index (χ4n) is 5.05. The maximum atomic E-state index is 15.2. The van der Waals surface area contributed by atoms with Gasteiger partial charge in [-0.25, -0.2) is 14.4 Å². The summed E-state index contributed by atoms with van der Waals surface area (Å²) < 4.78 is 16.8. The highest BCUT2D eigenvalue weighted by Gasteiger charge is 2.48. The van der Waals surface area contributed by atoms with E-state index in [1.54, 1.807) is 36.4 Å². The molecule has 2 aliphatic heterocycles. The van der Waals surface area contributed by atoms with Crippen LogP contribution in [0.3, 0.4) is 0 Å². The summed E-state index contributed by atoms with van der Waals surface area (Å²) >= 11 is 0. The average Bonchev–Trinajstić information content (AvgIpc) is 3.39. The van der Waals surface area contributed by atoms with Crippen molar-refractivity contribution in [3.05, 3.63) is 30.7 Å². The smallest absolute Gasteiger partial charge is 0.245 e. The number of benzene rings is 1. The molecule has 3 aliphatic rings. The molecule has 1 aliphatic carbocycles. The van der Waals surface area contributed by atoms with Crippen molar-refractivity contribution >= 4 is 5.95 Å².